The number of hydrogen-bond donors (Lipinski definition) is 2. The van der Waals surface area contributed by atoms with Crippen molar-refractivity contribution >= 4 is 35.1 Å². The van der Waals surface area contributed by atoms with Crippen molar-refractivity contribution < 1.29 is 5.11 Å². The lowest BCUT2D eigenvalue weighted by atomic mass is 10.3. The van der Waals surface area contributed by atoms with Gasteiger partial charge in [0.25, 0.3) is 0 Å². The number of nitrogen functional groups attached to an aromatic ring is 1. The van der Waals surface area contributed by atoms with E-state index in [1.807, 2.05) is 10.8 Å². The molecule has 1 atom stereocenters. The topological polar surface area (TPSA) is 89.9 Å². The summed E-state index contributed by atoms with van der Waals surface area (Å²) < 4.78 is 1.88. The molecule has 0 aliphatic heterocycles. The van der Waals surface area contributed by atoms with Gasteiger partial charge in [0.05, 0.1) is 0 Å². The summed E-state index contributed by atoms with van der Waals surface area (Å²) in [5.74, 6) is 1.58. The molecule has 3 N–H and O–H groups in total. The van der Waals surface area contributed by atoms with Gasteiger partial charge in [0.15, 0.2) is 5.65 Å². The first-order chi connectivity index (χ1) is 10.7. The average Bonchev–Trinajstić information content (AvgIpc) is 3.15. The summed E-state index contributed by atoms with van der Waals surface area (Å²) in [5.41, 5.74) is 8.60. The molecule has 1 aliphatic rings. The van der Waals surface area contributed by atoms with E-state index in [9.17, 15) is 0 Å². The number of aliphatic hydroxyl groups excluding tert-OH is 1. The highest BCUT2D eigenvalue weighted by atomic mass is 32.2. The molecule has 0 spiro atoms. The number of anilines is 1. The van der Waals surface area contributed by atoms with Gasteiger partial charge in [-0.15, -0.1) is 11.8 Å². The van der Waals surface area contributed by atoms with E-state index in [-0.39, 0.29) is 12.6 Å². The molecule has 118 valence electrons. The minimum atomic E-state index is 0.202. The fraction of sp³-hybridized carbons (Fsp3) is 0.533. The van der Waals surface area contributed by atoms with Gasteiger partial charge in [-0.2, -0.15) is 4.98 Å². The summed E-state index contributed by atoms with van der Waals surface area (Å²) in [5, 5.41) is 9.98. The van der Waals surface area contributed by atoms with Crippen LogP contribution in [0.25, 0.3) is 17.4 Å². The molecular formula is C15H21N5OS. The van der Waals surface area contributed by atoms with Crippen LogP contribution in [0.4, 0.5) is 5.95 Å². The number of hydrogen-bond acceptors (Lipinski definition) is 6. The van der Waals surface area contributed by atoms with Crippen LogP contribution < -0.4 is 5.73 Å². The van der Waals surface area contributed by atoms with E-state index in [4.69, 9.17) is 10.8 Å². The van der Waals surface area contributed by atoms with Crippen molar-refractivity contribution in [3.63, 3.8) is 0 Å². The lowest BCUT2D eigenvalue weighted by Crippen LogP contribution is -1.99. The molecule has 3 rings (SSSR count). The molecule has 2 heterocycles. The monoisotopic (exact) mass is 319 g/mol. The Balaban J connectivity index is 1.85. The maximum absolute atomic E-state index is 9.13. The Morgan fingerprint density at radius 3 is 3.05 bits per heavy atom. The predicted octanol–water partition coefficient (Wildman–Crippen LogP) is 2.54. The Kier molecular flexibility index (Phi) is 4.63. The minimum absolute atomic E-state index is 0.202. The van der Waals surface area contributed by atoms with Gasteiger partial charge in [0.1, 0.15) is 16.9 Å². The Bertz CT molecular complexity index is 697. The van der Waals surface area contributed by atoms with E-state index in [0.717, 1.165) is 34.8 Å². The first-order valence-corrected chi connectivity index (χ1v) is 8.65. The molecule has 0 radical (unpaired) electrons. The Hall–Kier alpha value is -1.60. The van der Waals surface area contributed by atoms with Crippen LogP contribution in [0.15, 0.2) is 16.9 Å². The van der Waals surface area contributed by atoms with E-state index in [1.165, 1.54) is 18.4 Å². The minimum Gasteiger partial charge on any atom is -0.396 e. The van der Waals surface area contributed by atoms with Crippen molar-refractivity contribution in [2.75, 3.05) is 18.1 Å². The van der Waals surface area contributed by atoms with Crippen molar-refractivity contribution in [1.29, 1.82) is 0 Å². The molecule has 2 aromatic heterocycles. The molecule has 6 nitrogen and oxygen atoms in total. The van der Waals surface area contributed by atoms with Crippen LogP contribution in [0.1, 0.15) is 32.6 Å². The van der Waals surface area contributed by atoms with Gasteiger partial charge >= 0.3 is 0 Å². The average molecular weight is 319 g/mol. The highest BCUT2D eigenvalue weighted by molar-refractivity contribution is 7.99. The summed E-state index contributed by atoms with van der Waals surface area (Å²) in [7, 11) is 0. The number of nitrogens with two attached hydrogens (primary N) is 1. The third-order valence-electron chi connectivity index (χ3n) is 3.77. The summed E-state index contributed by atoms with van der Waals surface area (Å²) in [6, 6.07) is 0. The van der Waals surface area contributed by atoms with Gasteiger partial charge in [0, 0.05) is 18.7 Å². The number of aliphatic hydroxyl groups is 1. The highest BCUT2D eigenvalue weighted by Gasteiger charge is 2.29. The Morgan fingerprint density at radius 2 is 2.32 bits per heavy atom. The van der Waals surface area contributed by atoms with Crippen LogP contribution in [-0.4, -0.2) is 37.0 Å². The Labute approximate surface area is 133 Å². The van der Waals surface area contributed by atoms with Crippen molar-refractivity contribution in [3.05, 3.63) is 11.9 Å². The summed E-state index contributed by atoms with van der Waals surface area (Å²) >= 11 is 1.69. The fourth-order valence-electron chi connectivity index (χ4n) is 2.37. The molecule has 1 aliphatic carbocycles. The molecular weight excluding hydrogens is 298 g/mol. The van der Waals surface area contributed by atoms with Gasteiger partial charge in [-0.05, 0) is 24.2 Å². The summed E-state index contributed by atoms with van der Waals surface area (Å²) in [6.07, 6.45) is 8.27. The lowest BCUT2D eigenvalue weighted by Gasteiger charge is -2.03. The van der Waals surface area contributed by atoms with Crippen LogP contribution in [0.2, 0.25) is 0 Å². The van der Waals surface area contributed by atoms with E-state index >= 15 is 0 Å². The molecule has 1 saturated carbocycles. The third kappa shape index (κ3) is 3.25. The number of rotatable bonds is 7. The van der Waals surface area contributed by atoms with Crippen LogP contribution in [0.5, 0.6) is 0 Å². The molecule has 0 unspecified atom stereocenters. The second-order valence-electron chi connectivity index (χ2n) is 5.55. The molecule has 2 aromatic rings. The SMILES string of the molecule is CCCCCSc1nc(N)nc2c1ncn2C=C1C[C@@H]1CO. The van der Waals surface area contributed by atoms with Gasteiger partial charge in [-0.3, -0.25) is 4.57 Å². The van der Waals surface area contributed by atoms with E-state index in [0.29, 0.717) is 5.92 Å². The zero-order valence-corrected chi connectivity index (χ0v) is 13.5. The van der Waals surface area contributed by atoms with Gasteiger partial charge < -0.3 is 10.8 Å². The zero-order chi connectivity index (χ0) is 15.5. The zero-order valence-electron chi connectivity index (χ0n) is 12.7. The number of imidazole rings is 1. The molecule has 0 bridgehead atoms. The first-order valence-electron chi connectivity index (χ1n) is 7.67. The lowest BCUT2D eigenvalue weighted by molar-refractivity contribution is 0.281. The maximum atomic E-state index is 9.13. The van der Waals surface area contributed by atoms with Gasteiger partial charge in [-0.25, -0.2) is 9.97 Å². The molecule has 1 fully saturated rings. The van der Waals surface area contributed by atoms with Crippen LogP contribution in [0, 0.1) is 5.92 Å². The van der Waals surface area contributed by atoms with Gasteiger partial charge in [-0.1, -0.05) is 19.8 Å². The second kappa shape index (κ2) is 6.66. The largest absolute Gasteiger partial charge is 0.396 e. The molecule has 0 amide bonds. The van der Waals surface area contributed by atoms with Crippen molar-refractivity contribution in [3.8, 4) is 0 Å². The van der Waals surface area contributed by atoms with Crippen LogP contribution in [-0.2, 0) is 0 Å². The molecule has 7 heteroatoms. The van der Waals surface area contributed by atoms with Gasteiger partial charge in [0.2, 0.25) is 5.95 Å². The number of fused-ring (bicyclic) bond motifs is 1. The molecule has 22 heavy (non-hydrogen) atoms. The quantitative estimate of drug-likeness (QED) is 0.463. The Morgan fingerprint density at radius 1 is 1.45 bits per heavy atom. The fourth-order valence-corrected chi connectivity index (χ4v) is 3.35. The molecule has 0 aromatic carbocycles. The standard InChI is InChI=1S/C15H21N5OS/c1-2-3-4-5-22-14-12-13(18-15(16)19-14)20(9-17-12)7-10-6-11(10)8-21/h7,9,11,21H,2-6,8H2,1H3,(H2,16,18,19)/t11-/m1/s1. The number of aromatic nitrogens is 4. The van der Waals surface area contributed by atoms with E-state index in [1.54, 1.807) is 18.1 Å². The normalized spacial score (nSPS) is 19.2. The second-order valence-corrected chi connectivity index (χ2v) is 6.64. The number of thioether (sulfide) groups is 1. The van der Waals surface area contributed by atoms with E-state index < -0.39 is 0 Å². The number of nitrogens with zero attached hydrogens (tertiary/aromatic N) is 4. The highest BCUT2D eigenvalue weighted by Crippen LogP contribution is 2.38. The van der Waals surface area contributed by atoms with Crippen molar-refractivity contribution in [1.82, 2.24) is 19.5 Å². The van der Waals surface area contributed by atoms with Crippen molar-refractivity contribution in [2.24, 2.45) is 5.92 Å². The smallest absolute Gasteiger partial charge is 0.223 e. The third-order valence-corrected chi connectivity index (χ3v) is 4.82. The van der Waals surface area contributed by atoms with Crippen LogP contribution in [0.3, 0.4) is 0 Å². The maximum Gasteiger partial charge on any atom is 0.223 e. The summed E-state index contributed by atoms with van der Waals surface area (Å²) in [4.78, 5) is 13.1. The summed E-state index contributed by atoms with van der Waals surface area (Å²) in [6.45, 7) is 2.40. The van der Waals surface area contributed by atoms with Crippen LogP contribution >= 0.6 is 11.8 Å². The molecule has 0 saturated heterocycles. The first kappa shape index (κ1) is 15.3. The predicted molar refractivity (Wildman–Crippen MR) is 89.5 cm³/mol. The number of unbranched alkanes of at least 4 members (excludes halogenated alkanes) is 2. The van der Waals surface area contributed by atoms with Crippen molar-refractivity contribution in [2.45, 2.75) is 37.6 Å². The van der Waals surface area contributed by atoms with E-state index in [2.05, 4.69) is 21.9 Å².